The van der Waals surface area contributed by atoms with Crippen LogP contribution >= 0.6 is 11.3 Å². The van der Waals surface area contributed by atoms with E-state index in [0.29, 0.717) is 18.0 Å². The van der Waals surface area contributed by atoms with Gasteiger partial charge in [-0.25, -0.2) is 4.98 Å². The highest BCUT2D eigenvalue weighted by atomic mass is 32.1. The molecule has 2 heterocycles. The summed E-state index contributed by atoms with van der Waals surface area (Å²) < 4.78 is 0. The summed E-state index contributed by atoms with van der Waals surface area (Å²) >= 11 is 1.50. The molecule has 0 spiro atoms. The van der Waals surface area contributed by atoms with Crippen LogP contribution in [0.25, 0.3) is 11.3 Å². The lowest BCUT2D eigenvalue weighted by molar-refractivity contribution is -0.142. The van der Waals surface area contributed by atoms with Crippen molar-refractivity contribution >= 4 is 34.1 Å². The fraction of sp³-hybridized carbons (Fsp3) is 0.613. The first-order valence-corrected chi connectivity index (χ1v) is 15.4. The van der Waals surface area contributed by atoms with E-state index in [1.54, 1.807) is 4.90 Å². The lowest BCUT2D eigenvalue weighted by atomic mass is 9.83. The lowest BCUT2D eigenvalue weighted by Gasteiger charge is -2.35. The van der Waals surface area contributed by atoms with Crippen molar-refractivity contribution in [3.05, 3.63) is 35.3 Å². The Morgan fingerprint density at radius 3 is 2.38 bits per heavy atom. The first-order valence-electron chi connectivity index (χ1n) is 14.6. The average Bonchev–Trinajstić information content (AvgIpc) is 3.59. The Labute approximate surface area is 237 Å². The van der Waals surface area contributed by atoms with Crippen LogP contribution in [0.5, 0.6) is 0 Å². The molecule has 4 rings (SSSR count). The zero-order chi connectivity index (χ0) is 28.2. The van der Waals surface area contributed by atoms with Crippen molar-refractivity contribution in [3.63, 3.8) is 0 Å². The van der Waals surface area contributed by atoms with Crippen LogP contribution < -0.4 is 10.6 Å². The van der Waals surface area contributed by atoms with Gasteiger partial charge in [-0.1, -0.05) is 84.2 Å². The van der Waals surface area contributed by atoms with Crippen LogP contribution in [0.4, 0.5) is 5.00 Å². The van der Waals surface area contributed by atoms with E-state index in [2.05, 4.69) is 31.4 Å². The maximum atomic E-state index is 14.0. The van der Waals surface area contributed by atoms with Crippen molar-refractivity contribution < 1.29 is 14.4 Å². The second-order valence-corrected chi connectivity index (χ2v) is 13.2. The molecule has 8 heteroatoms. The summed E-state index contributed by atoms with van der Waals surface area (Å²) in [7, 11) is 0. The van der Waals surface area contributed by atoms with Crippen molar-refractivity contribution in [1.82, 2.24) is 15.2 Å². The number of hydrogen-bond donors (Lipinski definition) is 2. The summed E-state index contributed by atoms with van der Waals surface area (Å²) in [6, 6.07) is 8.75. The molecule has 2 aromatic rings. The number of carbonyl (C=O) groups excluding carboxylic acids is 3. The zero-order valence-corrected chi connectivity index (χ0v) is 24.9. The molecule has 1 saturated carbocycles. The summed E-state index contributed by atoms with van der Waals surface area (Å²) in [6.45, 7) is 10.8. The Morgan fingerprint density at radius 2 is 1.74 bits per heavy atom. The maximum absolute atomic E-state index is 14.0. The van der Waals surface area contributed by atoms with E-state index < -0.39 is 12.1 Å². The molecule has 3 atom stereocenters. The zero-order valence-electron chi connectivity index (χ0n) is 24.1. The van der Waals surface area contributed by atoms with E-state index in [4.69, 9.17) is 4.98 Å². The molecule has 1 aromatic carbocycles. The highest BCUT2D eigenvalue weighted by molar-refractivity contribution is 7.16. The molecule has 2 fully saturated rings. The van der Waals surface area contributed by atoms with Crippen molar-refractivity contribution in [2.24, 2.45) is 11.8 Å². The van der Waals surface area contributed by atoms with Gasteiger partial charge < -0.3 is 15.5 Å². The van der Waals surface area contributed by atoms with Crippen LogP contribution in [0.2, 0.25) is 0 Å². The number of likely N-dealkylation sites (tertiary alicyclic amines) is 1. The van der Waals surface area contributed by atoms with E-state index in [1.807, 2.05) is 44.2 Å². The van der Waals surface area contributed by atoms with Gasteiger partial charge in [-0.2, -0.15) is 0 Å². The monoisotopic (exact) mass is 552 g/mol. The first kappa shape index (κ1) is 29.2. The molecule has 1 aromatic heterocycles. The van der Waals surface area contributed by atoms with Crippen LogP contribution in [0, 0.1) is 11.8 Å². The van der Waals surface area contributed by atoms with Crippen LogP contribution in [-0.4, -0.2) is 46.2 Å². The molecule has 2 aliphatic rings. The van der Waals surface area contributed by atoms with E-state index in [1.165, 1.54) is 17.8 Å². The second-order valence-electron chi connectivity index (χ2n) is 12.2. The Balaban J connectivity index is 1.57. The van der Waals surface area contributed by atoms with Crippen molar-refractivity contribution in [3.8, 4) is 11.3 Å². The van der Waals surface area contributed by atoms with Gasteiger partial charge in [-0.05, 0) is 38.0 Å². The van der Waals surface area contributed by atoms with E-state index in [-0.39, 0.29) is 35.0 Å². The summed E-state index contributed by atoms with van der Waals surface area (Å²) in [5.41, 5.74) is 1.55. The van der Waals surface area contributed by atoms with Gasteiger partial charge in [0.05, 0.1) is 0 Å². The Bertz CT molecular complexity index is 1150. The molecule has 7 nitrogen and oxygen atoms in total. The third-order valence-corrected chi connectivity index (χ3v) is 9.53. The topological polar surface area (TPSA) is 91.4 Å². The normalized spacial score (nSPS) is 19.9. The summed E-state index contributed by atoms with van der Waals surface area (Å²) in [6.07, 6.45) is 7.27. The highest BCUT2D eigenvalue weighted by Crippen LogP contribution is 2.39. The molecule has 1 saturated heterocycles. The van der Waals surface area contributed by atoms with Gasteiger partial charge in [0.1, 0.15) is 27.8 Å². The Morgan fingerprint density at radius 1 is 1.05 bits per heavy atom. The van der Waals surface area contributed by atoms with Crippen molar-refractivity contribution in [2.75, 3.05) is 11.9 Å². The van der Waals surface area contributed by atoms with Crippen LogP contribution in [-0.2, 0) is 19.8 Å². The number of anilines is 1. The second kappa shape index (κ2) is 12.6. The molecule has 2 N–H and O–H groups in total. The van der Waals surface area contributed by atoms with Gasteiger partial charge in [0.15, 0.2) is 0 Å². The van der Waals surface area contributed by atoms with E-state index in [0.717, 1.165) is 54.8 Å². The van der Waals surface area contributed by atoms with Gasteiger partial charge in [-0.15, -0.1) is 11.3 Å². The summed E-state index contributed by atoms with van der Waals surface area (Å²) in [5.74, 6) is -0.407. The molecule has 1 aliphatic heterocycles. The number of rotatable bonds is 8. The van der Waals surface area contributed by atoms with Gasteiger partial charge in [0.2, 0.25) is 17.7 Å². The van der Waals surface area contributed by atoms with E-state index in [9.17, 15) is 14.4 Å². The molecule has 0 bridgehead atoms. The maximum Gasteiger partial charge on any atom is 0.247 e. The predicted octanol–water partition coefficient (Wildman–Crippen LogP) is 6.15. The standard InChI is InChI=1S/C31H44N4O3S/c1-6-20(2)26(36)32-25(22-16-11-8-12-17-22)29(38)35-19-13-18-23(35)27(37)34-28-24(21-14-9-7-10-15-21)33-30(39-28)31(3,4)5/h7,9-10,14-15,20,22-23,25H,6,8,11-13,16-19H2,1-5H3,(H,32,36)(H,34,37)/t20-,23+,25+/m1/s1. The number of amides is 3. The number of nitrogens with zero attached hydrogens (tertiary/aromatic N) is 2. The number of carbonyl (C=O) groups is 3. The predicted molar refractivity (Wildman–Crippen MR) is 158 cm³/mol. The molecular weight excluding hydrogens is 508 g/mol. The van der Waals surface area contributed by atoms with Gasteiger partial charge >= 0.3 is 0 Å². The van der Waals surface area contributed by atoms with Crippen LogP contribution in [0.3, 0.4) is 0 Å². The minimum atomic E-state index is -0.573. The van der Waals surface area contributed by atoms with Crippen LogP contribution in [0.1, 0.15) is 91.0 Å². The smallest absolute Gasteiger partial charge is 0.247 e. The molecular formula is C31H44N4O3S. The summed E-state index contributed by atoms with van der Waals surface area (Å²) in [5, 5.41) is 7.91. The number of aromatic nitrogens is 1. The lowest BCUT2D eigenvalue weighted by Crippen LogP contribution is -2.56. The van der Waals surface area contributed by atoms with Crippen molar-refractivity contribution in [2.45, 2.75) is 103 Å². The molecule has 3 amide bonds. The minimum absolute atomic E-state index is 0.0755. The Hall–Kier alpha value is -2.74. The quantitative estimate of drug-likeness (QED) is 0.411. The fourth-order valence-corrected chi connectivity index (χ4v) is 6.57. The molecule has 0 radical (unpaired) electrons. The number of thiazole rings is 1. The SMILES string of the molecule is CC[C@@H](C)C(=O)N[C@H](C(=O)N1CCC[C@H]1C(=O)Nc1sc(C(C)(C)C)nc1-c1ccccc1)C1CCCCC1. The largest absolute Gasteiger partial charge is 0.344 e. The third kappa shape index (κ3) is 6.89. The molecule has 212 valence electrons. The average molecular weight is 553 g/mol. The van der Waals surface area contributed by atoms with Crippen LogP contribution in [0.15, 0.2) is 30.3 Å². The Kier molecular flexibility index (Phi) is 9.47. The van der Waals surface area contributed by atoms with E-state index >= 15 is 0 Å². The number of nitrogens with one attached hydrogen (secondary N) is 2. The summed E-state index contributed by atoms with van der Waals surface area (Å²) in [4.78, 5) is 47.3. The molecule has 0 unspecified atom stereocenters. The number of hydrogen-bond acceptors (Lipinski definition) is 5. The number of benzene rings is 1. The first-order chi connectivity index (χ1) is 18.6. The third-order valence-electron chi connectivity index (χ3n) is 8.14. The van der Waals surface area contributed by atoms with Gasteiger partial charge in [0, 0.05) is 23.4 Å². The molecule has 1 aliphatic carbocycles. The van der Waals surface area contributed by atoms with Gasteiger partial charge in [0.25, 0.3) is 0 Å². The van der Waals surface area contributed by atoms with Crippen molar-refractivity contribution in [1.29, 1.82) is 0 Å². The fourth-order valence-electron chi connectivity index (χ4n) is 5.52. The van der Waals surface area contributed by atoms with Gasteiger partial charge in [-0.3, -0.25) is 14.4 Å². The molecule has 39 heavy (non-hydrogen) atoms. The minimum Gasteiger partial charge on any atom is -0.344 e. The highest BCUT2D eigenvalue weighted by Gasteiger charge is 2.41.